The van der Waals surface area contributed by atoms with Gasteiger partial charge in [0.2, 0.25) is 15.9 Å². The van der Waals surface area contributed by atoms with Gasteiger partial charge < -0.3 is 5.32 Å². The van der Waals surface area contributed by atoms with E-state index in [1.54, 1.807) is 6.92 Å². The van der Waals surface area contributed by atoms with Gasteiger partial charge in [0.15, 0.2) is 0 Å². The molecule has 0 spiro atoms. The van der Waals surface area contributed by atoms with Crippen molar-refractivity contribution in [1.82, 2.24) is 5.32 Å². The minimum atomic E-state index is -3.63. The number of sulfonamides is 1. The molecule has 2 aromatic carbocycles. The molecule has 0 saturated carbocycles. The summed E-state index contributed by atoms with van der Waals surface area (Å²) in [5.41, 5.74) is 4.70. The third-order valence-electron chi connectivity index (χ3n) is 5.38. The van der Waals surface area contributed by atoms with Crippen LogP contribution in [-0.4, -0.2) is 26.6 Å². The molecule has 150 valence electrons. The van der Waals surface area contributed by atoms with Crippen LogP contribution < -0.4 is 9.62 Å². The van der Waals surface area contributed by atoms with Gasteiger partial charge in [-0.25, -0.2) is 8.42 Å². The van der Waals surface area contributed by atoms with Crippen LogP contribution in [0.2, 0.25) is 0 Å². The lowest BCUT2D eigenvalue weighted by molar-refractivity contribution is -0.122. The molecular formula is C22H28N2O3S. The van der Waals surface area contributed by atoms with Crippen molar-refractivity contribution < 1.29 is 13.2 Å². The Labute approximate surface area is 167 Å². The number of aryl methyl sites for hydroxylation is 3. The summed E-state index contributed by atoms with van der Waals surface area (Å²) < 4.78 is 26.4. The lowest BCUT2D eigenvalue weighted by atomic mass is 9.87. The molecule has 2 atom stereocenters. The Balaban J connectivity index is 1.89. The molecule has 0 saturated heterocycles. The highest BCUT2D eigenvalue weighted by Crippen LogP contribution is 2.30. The fraction of sp³-hybridized carbons (Fsp3) is 0.409. The maximum atomic E-state index is 13.1. The Hall–Kier alpha value is -2.34. The third kappa shape index (κ3) is 4.22. The van der Waals surface area contributed by atoms with Gasteiger partial charge in [-0.2, -0.15) is 0 Å². The molecule has 0 aromatic heterocycles. The summed E-state index contributed by atoms with van der Waals surface area (Å²) in [4.78, 5) is 13.1. The van der Waals surface area contributed by atoms with E-state index in [0.29, 0.717) is 5.69 Å². The number of fused-ring (bicyclic) bond motifs is 1. The van der Waals surface area contributed by atoms with Crippen LogP contribution in [-0.2, 0) is 21.2 Å². The first kappa shape index (κ1) is 20.4. The van der Waals surface area contributed by atoms with E-state index in [0.717, 1.165) is 42.2 Å². The summed E-state index contributed by atoms with van der Waals surface area (Å²) in [6.45, 7) is 5.41. The van der Waals surface area contributed by atoms with Crippen LogP contribution in [0.3, 0.4) is 0 Å². The number of hydrogen-bond donors (Lipinski definition) is 1. The second-order valence-corrected chi connectivity index (χ2v) is 9.54. The molecule has 3 rings (SSSR count). The van der Waals surface area contributed by atoms with E-state index in [9.17, 15) is 13.2 Å². The van der Waals surface area contributed by atoms with E-state index in [1.807, 2.05) is 50.2 Å². The summed E-state index contributed by atoms with van der Waals surface area (Å²) in [5, 5.41) is 3.09. The minimum Gasteiger partial charge on any atom is -0.347 e. The van der Waals surface area contributed by atoms with E-state index in [4.69, 9.17) is 0 Å². The summed E-state index contributed by atoms with van der Waals surface area (Å²) in [6.07, 6.45) is 4.02. The maximum absolute atomic E-state index is 13.1. The molecule has 1 amide bonds. The zero-order valence-electron chi connectivity index (χ0n) is 16.9. The number of anilines is 1. The van der Waals surface area contributed by atoms with Crippen molar-refractivity contribution in [2.45, 2.75) is 52.1 Å². The Morgan fingerprint density at radius 2 is 1.89 bits per heavy atom. The fourth-order valence-electron chi connectivity index (χ4n) is 3.93. The van der Waals surface area contributed by atoms with Crippen molar-refractivity contribution in [3.8, 4) is 0 Å². The standard InChI is InChI=1S/C22H28N2O3S/c1-15-12-13-16(2)21(14-15)24(28(4,26)27)17(3)22(25)23-20-11-7-9-18-8-5-6-10-19(18)20/h5-6,8,10,12-14,17,20H,7,9,11H2,1-4H3,(H,23,25)/t17-,20-/m0/s1. The summed E-state index contributed by atoms with van der Waals surface area (Å²) in [5.74, 6) is -0.284. The summed E-state index contributed by atoms with van der Waals surface area (Å²) in [6, 6.07) is 12.8. The highest BCUT2D eigenvalue weighted by atomic mass is 32.2. The Bertz CT molecular complexity index is 985. The Kier molecular flexibility index (Phi) is 5.79. The van der Waals surface area contributed by atoms with Gasteiger partial charge >= 0.3 is 0 Å². The number of rotatable bonds is 5. The predicted molar refractivity (Wildman–Crippen MR) is 113 cm³/mol. The van der Waals surface area contributed by atoms with Crippen molar-refractivity contribution in [2.24, 2.45) is 0 Å². The molecule has 0 bridgehead atoms. The second kappa shape index (κ2) is 7.95. The second-order valence-electron chi connectivity index (χ2n) is 7.68. The molecule has 0 fully saturated rings. The topological polar surface area (TPSA) is 66.5 Å². The van der Waals surface area contributed by atoms with Crippen molar-refractivity contribution in [3.05, 3.63) is 64.7 Å². The van der Waals surface area contributed by atoms with Crippen LogP contribution in [0, 0.1) is 13.8 Å². The van der Waals surface area contributed by atoms with Gasteiger partial charge in [-0.15, -0.1) is 0 Å². The molecular weight excluding hydrogens is 372 g/mol. The highest BCUT2D eigenvalue weighted by Gasteiger charge is 2.32. The quantitative estimate of drug-likeness (QED) is 0.833. The molecule has 0 aliphatic heterocycles. The number of amides is 1. The van der Waals surface area contributed by atoms with Crippen LogP contribution in [0.4, 0.5) is 5.69 Å². The largest absolute Gasteiger partial charge is 0.347 e. The number of carbonyl (C=O) groups excluding carboxylic acids is 1. The van der Waals surface area contributed by atoms with Crippen LogP contribution >= 0.6 is 0 Å². The first-order valence-corrected chi connectivity index (χ1v) is 11.5. The SMILES string of the molecule is Cc1ccc(C)c(N([C@@H](C)C(=O)N[C@H]2CCCc3ccccc32)S(C)(=O)=O)c1. The Morgan fingerprint density at radius 1 is 1.18 bits per heavy atom. The van der Waals surface area contributed by atoms with Gasteiger partial charge in [-0.3, -0.25) is 9.10 Å². The molecule has 1 aliphatic rings. The molecule has 6 heteroatoms. The van der Waals surface area contributed by atoms with E-state index >= 15 is 0 Å². The smallest absolute Gasteiger partial charge is 0.244 e. The highest BCUT2D eigenvalue weighted by molar-refractivity contribution is 7.92. The first-order chi connectivity index (χ1) is 13.2. The number of hydrogen-bond acceptors (Lipinski definition) is 3. The van der Waals surface area contributed by atoms with Gasteiger partial charge in [0.1, 0.15) is 6.04 Å². The number of carbonyl (C=O) groups is 1. The number of benzene rings is 2. The maximum Gasteiger partial charge on any atom is 0.244 e. The molecule has 1 N–H and O–H groups in total. The summed E-state index contributed by atoms with van der Waals surface area (Å²) in [7, 11) is -3.63. The molecule has 5 nitrogen and oxygen atoms in total. The van der Waals surface area contributed by atoms with Crippen molar-refractivity contribution in [3.63, 3.8) is 0 Å². The van der Waals surface area contributed by atoms with E-state index in [2.05, 4.69) is 11.4 Å². The third-order valence-corrected chi connectivity index (χ3v) is 6.60. The molecule has 28 heavy (non-hydrogen) atoms. The van der Waals surface area contributed by atoms with Gasteiger partial charge in [0.25, 0.3) is 0 Å². The normalized spacial score (nSPS) is 17.5. The van der Waals surface area contributed by atoms with Gasteiger partial charge in [-0.05, 0) is 68.4 Å². The van der Waals surface area contributed by atoms with E-state index < -0.39 is 16.1 Å². The molecule has 0 unspecified atom stereocenters. The molecule has 0 heterocycles. The lowest BCUT2D eigenvalue weighted by Crippen LogP contribution is -2.49. The first-order valence-electron chi connectivity index (χ1n) is 9.63. The van der Waals surface area contributed by atoms with Crippen molar-refractivity contribution in [2.75, 3.05) is 10.6 Å². The summed E-state index contributed by atoms with van der Waals surface area (Å²) >= 11 is 0. The van der Waals surface area contributed by atoms with Gasteiger partial charge in [0.05, 0.1) is 18.0 Å². The van der Waals surface area contributed by atoms with Crippen LogP contribution in [0.1, 0.15) is 48.1 Å². The Morgan fingerprint density at radius 3 is 2.61 bits per heavy atom. The molecule has 1 aliphatic carbocycles. The van der Waals surface area contributed by atoms with E-state index in [-0.39, 0.29) is 11.9 Å². The van der Waals surface area contributed by atoms with Crippen LogP contribution in [0.5, 0.6) is 0 Å². The number of nitrogens with zero attached hydrogens (tertiary/aromatic N) is 1. The predicted octanol–water partition coefficient (Wildman–Crippen LogP) is 3.65. The number of nitrogens with one attached hydrogen (secondary N) is 1. The minimum absolute atomic E-state index is 0.0834. The average molecular weight is 401 g/mol. The van der Waals surface area contributed by atoms with Gasteiger partial charge in [0, 0.05) is 0 Å². The van der Waals surface area contributed by atoms with Crippen LogP contribution in [0.25, 0.3) is 0 Å². The van der Waals surface area contributed by atoms with Crippen molar-refractivity contribution >= 4 is 21.6 Å². The van der Waals surface area contributed by atoms with Crippen molar-refractivity contribution in [1.29, 1.82) is 0 Å². The molecule has 2 aromatic rings. The zero-order valence-corrected chi connectivity index (χ0v) is 17.7. The van der Waals surface area contributed by atoms with Crippen LogP contribution in [0.15, 0.2) is 42.5 Å². The average Bonchev–Trinajstić information content (AvgIpc) is 2.64. The van der Waals surface area contributed by atoms with E-state index in [1.165, 1.54) is 9.87 Å². The zero-order chi connectivity index (χ0) is 20.5. The molecule has 0 radical (unpaired) electrons. The fourth-order valence-corrected chi connectivity index (χ4v) is 5.16. The van der Waals surface area contributed by atoms with Gasteiger partial charge in [-0.1, -0.05) is 36.4 Å². The lowest BCUT2D eigenvalue weighted by Gasteiger charge is -2.32. The monoisotopic (exact) mass is 400 g/mol.